The molecule has 0 fully saturated rings. The van der Waals surface area contributed by atoms with Crippen LogP contribution in [0.4, 0.5) is 0 Å². The summed E-state index contributed by atoms with van der Waals surface area (Å²) >= 11 is 0. The largest absolute Gasteiger partial charge is 0.494 e. The zero-order chi connectivity index (χ0) is 16.8. The molecule has 1 rings (SSSR count). The fourth-order valence-electron chi connectivity index (χ4n) is 1.69. The van der Waals surface area contributed by atoms with Crippen molar-refractivity contribution in [3.05, 3.63) is 24.3 Å². The zero-order valence-corrected chi connectivity index (χ0v) is 13.2. The Morgan fingerprint density at radius 3 is 2.27 bits per heavy atom. The molecule has 0 saturated carbocycles. The van der Waals surface area contributed by atoms with E-state index in [1.165, 1.54) is 24.3 Å². The summed E-state index contributed by atoms with van der Waals surface area (Å²) in [4.78, 5) is 22.4. The Balaban J connectivity index is 2.92. The molecule has 0 spiro atoms. The third-order valence-corrected chi connectivity index (χ3v) is 4.35. The van der Waals surface area contributed by atoms with Crippen LogP contribution in [0.3, 0.4) is 0 Å². The maximum absolute atomic E-state index is 12.2. The second-order valence-corrected chi connectivity index (χ2v) is 6.23. The summed E-state index contributed by atoms with van der Waals surface area (Å²) in [6.45, 7) is 3.83. The van der Waals surface area contributed by atoms with Crippen molar-refractivity contribution < 1.29 is 27.9 Å². The van der Waals surface area contributed by atoms with E-state index >= 15 is 0 Å². The van der Waals surface area contributed by atoms with Gasteiger partial charge in [0.05, 0.1) is 11.5 Å². The molecular weight excluding hydrogens is 310 g/mol. The van der Waals surface area contributed by atoms with Crippen LogP contribution in [-0.2, 0) is 19.6 Å². The summed E-state index contributed by atoms with van der Waals surface area (Å²) in [5, 5.41) is 9.04. The fraction of sp³-hybridized carbons (Fsp3) is 0.429. The number of carboxylic acids is 1. The van der Waals surface area contributed by atoms with Gasteiger partial charge in [0, 0.05) is 12.8 Å². The monoisotopic (exact) mass is 329 g/mol. The van der Waals surface area contributed by atoms with Crippen molar-refractivity contribution in [3.8, 4) is 5.75 Å². The average Bonchev–Trinajstić information content (AvgIpc) is 2.47. The molecule has 1 atom stereocenters. The van der Waals surface area contributed by atoms with E-state index in [0.717, 1.165) is 0 Å². The summed E-state index contributed by atoms with van der Waals surface area (Å²) in [6, 6.07) is 4.10. The number of hydrogen-bond donors (Lipinski definition) is 2. The number of benzene rings is 1. The van der Waals surface area contributed by atoms with Crippen LogP contribution in [0.25, 0.3) is 0 Å². The van der Waals surface area contributed by atoms with Crippen LogP contribution < -0.4 is 9.46 Å². The van der Waals surface area contributed by atoms with Gasteiger partial charge in [0.15, 0.2) is 0 Å². The van der Waals surface area contributed by atoms with E-state index in [0.29, 0.717) is 12.4 Å². The molecule has 122 valence electrons. The summed E-state index contributed by atoms with van der Waals surface area (Å²) < 4.78 is 31.6. The van der Waals surface area contributed by atoms with Crippen molar-refractivity contribution in [3.63, 3.8) is 0 Å². The first-order valence-corrected chi connectivity index (χ1v) is 8.28. The Bertz CT molecular complexity index is 623. The number of ether oxygens (including phenoxy) is 1. The highest BCUT2D eigenvalue weighted by molar-refractivity contribution is 7.89. The van der Waals surface area contributed by atoms with Gasteiger partial charge < -0.3 is 9.84 Å². The number of carbonyl (C=O) groups excluding carboxylic acids is 1. The first kappa shape index (κ1) is 18.1. The molecule has 0 aromatic heterocycles. The van der Waals surface area contributed by atoms with Crippen LogP contribution in [0.5, 0.6) is 5.75 Å². The lowest BCUT2D eigenvalue weighted by molar-refractivity contribution is -0.140. The zero-order valence-electron chi connectivity index (χ0n) is 12.4. The highest BCUT2D eigenvalue weighted by atomic mass is 32.2. The lowest BCUT2D eigenvalue weighted by Crippen LogP contribution is -2.42. The minimum absolute atomic E-state index is 0.0915. The van der Waals surface area contributed by atoms with Crippen molar-refractivity contribution in [1.29, 1.82) is 0 Å². The first-order valence-electron chi connectivity index (χ1n) is 6.79. The summed E-state index contributed by atoms with van der Waals surface area (Å²) in [6.07, 6.45) is -0.239. The number of hydrogen-bond acceptors (Lipinski definition) is 5. The second-order valence-electron chi connectivity index (χ2n) is 4.51. The van der Waals surface area contributed by atoms with E-state index in [2.05, 4.69) is 0 Å². The van der Waals surface area contributed by atoms with Crippen LogP contribution in [0.2, 0.25) is 0 Å². The lowest BCUT2D eigenvalue weighted by Gasteiger charge is -2.14. The number of sulfonamides is 1. The molecule has 2 N–H and O–H groups in total. The second kappa shape index (κ2) is 7.90. The molecule has 0 heterocycles. The Hall–Kier alpha value is -1.93. The van der Waals surface area contributed by atoms with E-state index in [9.17, 15) is 18.0 Å². The van der Waals surface area contributed by atoms with Crippen molar-refractivity contribution in [2.75, 3.05) is 6.61 Å². The highest BCUT2D eigenvalue weighted by Gasteiger charge is 2.27. The molecule has 0 saturated heterocycles. The third-order valence-electron chi connectivity index (χ3n) is 2.87. The quantitative estimate of drug-likeness (QED) is 0.704. The maximum Gasteiger partial charge on any atom is 0.322 e. The van der Waals surface area contributed by atoms with E-state index in [1.54, 1.807) is 13.8 Å². The van der Waals surface area contributed by atoms with Gasteiger partial charge in [-0.1, -0.05) is 6.92 Å². The van der Waals surface area contributed by atoms with Gasteiger partial charge in [-0.3, -0.25) is 9.59 Å². The molecule has 7 nitrogen and oxygen atoms in total. The molecule has 1 aromatic rings. The molecule has 0 aliphatic carbocycles. The first-order chi connectivity index (χ1) is 10.3. The van der Waals surface area contributed by atoms with E-state index in [4.69, 9.17) is 9.84 Å². The topological polar surface area (TPSA) is 110 Å². The van der Waals surface area contributed by atoms with E-state index in [-0.39, 0.29) is 23.5 Å². The number of nitrogens with one attached hydrogen (secondary N) is 1. The number of carbonyl (C=O) groups is 2. The van der Waals surface area contributed by atoms with Crippen LogP contribution in [0.1, 0.15) is 26.7 Å². The standard InChI is InChI=1S/C14H19NO6S/c1-3-10(16)9-13(14(17)18)15-22(19,20)12-7-5-11(6-8-12)21-4-2/h5-8,13,15H,3-4,9H2,1-2H3,(H,17,18). The van der Waals surface area contributed by atoms with Crippen molar-refractivity contribution in [2.24, 2.45) is 0 Å². The van der Waals surface area contributed by atoms with Crippen molar-refractivity contribution in [1.82, 2.24) is 4.72 Å². The van der Waals surface area contributed by atoms with Gasteiger partial charge in [0.1, 0.15) is 17.6 Å². The summed E-state index contributed by atoms with van der Waals surface area (Å²) in [5.74, 6) is -1.21. The Morgan fingerprint density at radius 1 is 1.23 bits per heavy atom. The van der Waals surface area contributed by atoms with E-state index < -0.39 is 22.0 Å². The molecule has 0 radical (unpaired) electrons. The highest BCUT2D eigenvalue weighted by Crippen LogP contribution is 2.16. The van der Waals surface area contributed by atoms with E-state index in [1.807, 2.05) is 4.72 Å². The summed E-state index contributed by atoms with van der Waals surface area (Å²) in [5.41, 5.74) is 0. The molecule has 1 unspecified atom stereocenters. The van der Waals surface area contributed by atoms with Gasteiger partial charge in [-0.25, -0.2) is 8.42 Å². The van der Waals surface area contributed by atoms with Gasteiger partial charge >= 0.3 is 5.97 Å². The molecule has 0 bridgehead atoms. The smallest absolute Gasteiger partial charge is 0.322 e. The lowest BCUT2D eigenvalue weighted by atomic mass is 10.1. The minimum Gasteiger partial charge on any atom is -0.494 e. The third kappa shape index (κ3) is 5.12. The van der Waals surface area contributed by atoms with Crippen LogP contribution in [0.15, 0.2) is 29.2 Å². The molecule has 8 heteroatoms. The summed E-state index contributed by atoms with van der Waals surface area (Å²) in [7, 11) is -4.03. The predicted octanol–water partition coefficient (Wildman–Crippen LogP) is 1.19. The predicted molar refractivity (Wildman–Crippen MR) is 79.3 cm³/mol. The Kier molecular flexibility index (Phi) is 6.51. The average molecular weight is 329 g/mol. The fourth-order valence-corrected chi connectivity index (χ4v) is 2.88. The molecule has 1 aromatic carbocycles. The normalized spacial score (nSPS) is 12.6. The minimum atomic E-state index is -4.03. The molecule has 22 heavy (non-hydrogen) atoms. The molecule has 0 amide bonds. The SMILES string of the molecule is CCOc1ccc(S(=O)(=O)NC(CC(=O)CC)C(=O)O)cc1. The van der Waals surface area contributed by atoms with Gasteiger partial charge in [0.2, 0.25) is 10.0 Å². The Morgan fingerprint density at radius 2 is 1.82 bits per heavy atom. The maximum atomic E-state index is 12.2. The Labute approximate surface area is 129 Å². The number of aliphatic carboxylic acids is 1. The van der Waals surface area contributed by atoms with Crippen LogP contribution in [0, 0.1) is 0 Å². The molecule has 0 aliphatic rings. The molecular formula is C14H19NO6S. The van der Waals surface area contributed by atoms with Gasteiger partial charge in [-0.2, -0.15) is 4.72 Å². The molecule has 0 aliphatic heterocycles. The number of rotatable bonds is 9. The number of ketones is 1. The van der Waals surface area contributed by atoms with Crippen LogP contribution >= 0.6 is 0 Å². The van der Waals surface area contributed by atoms with Gasteiger partial charge in [-0.05, 0) is 31.2 Å². The van der Waals surface area contributed by atoms with Crippen molar-refractivity contribution in [2.45, 2.75) is 37.6 Å². The number of carboxylic acid groups (broad SMARTS) is 1. The van der Waals surface area contributed by atoms with Crippen molar-refractivity contribution >= 4 is 21.8 Å². The van der Waals surface area contributed by atoms with Gasteiger partial charge in [0.25, 0.3) is 0 Å². The van der Waals surface area contributed by atoms with Crippen LogP contribution in [-0.4, -0.2) is 37.9 Å². The van der Waals surface area contributed by atoms with Gasteiger partial charge in [-0.15, -0.1) is 0 Å². The number of Topliss-reactive ketones (excluding diaryl/α,β-unsaturated/α-hetero) is 1.